The highest BCUT2D eigenvalue weighted by Crippen LogP contribution is 2.55. The summed E-state index contributed by atoms with van der Waals surface area (Å²) in [7, 11) is 0. The molecule has 6 nitrogen and oxygen atoms in total. The largest absolute Gasteiger partial charge is 0.461 e. The summed E-state index contributed by atoms with van der Waals surface area (Å²) in [6.45, 7) is 2.06. The van der Waals surface area contributed by atoms with Crippen LogP contribution in [0.1, 0.15) is 23.6 Å². The number of ether oxygens (including phenoxy) is 1. The second-order valence-electron chi connectivity index (χ2n) is 9.65. The minimum atomic E-state index is -1.03. The number of hydrazone groups is 2. The Balaban J connectivity index is 1.53. The van der Waals surface area contributed by atoms with E-state index >= 15 is 0 Å². The molecule has 0 unspecified atom stereocenters. The van der Waals surface area contributed by atoms with Gasteiger partial charge in [-0.1, -0.05) is 103 Å². The zero-order chi connectivity index (χ0) is 27.8. The molecule has 5 aromatic carbocycles. The molecule has 0 radical (unpaired) electrons. The van der Waals surface area contributed by atoms with Crippen LogP contribution in [0.4, 0.5) is 11.4 Å². The van der Waals surface area contributed by atoms with Gasteiger partial charge in [0.05, 0.1) is 23.7 Å². The van der Waals surface area contributed by atoms with E-state index in [1.54, 1.807) is 6.92 Å². The molecule has 200 valence electrons. The Hall–Kier alpha value is -4.88. The number of anilines is 2. The van der Waals surface area contributed by atoms with Crippen molar-refractivity contribution in [2.75, 3.05) is 16.6 Å². The van der Waals surface area contributed by atoms with Crippen LogP contribution in [0.25, 0.3) is 10.8 Å². The van der Waals surface area contributed by atoms with Gasteiger partial charge in [0.1, 0.15) is 0 Å². The number of carbonyl (C=O) groups excluding carboxylic acids is 1. The number of fused-ring (bicyclic) bond motifs is 3. The molecule has 2 heterocycles. The first-order chi connectivity index (χ1) is 20.2. The number of esters is 1. The average molecular weight is 555 g/mol. The topological polar surface area (TPSA) is 57.5 Å². The Bertz CT molecular complexity index is 1820. The normalized spacial score (nSPS) is 17.8. The summed E-state index contributed by atoms with van der Waals surface area (Å²) in [6.07, 6.45) is 0. The van der Waals surface area contributed by atoms with Crippen LogP contribution in [0.3, 0.4) is 0 Å². The number of para-hydroxylation sites is 2. The molecule has 41 heavy (non-hydrogen) atoms. The molecule has 0 aromatic heterocycles. The van der Waals surface area contributed by atoms with Gasteiger partial charge in [0.15, 0.2) is 0 Å². The van der Waals surface area contributed by atoms with Gasteiger partial charge in [-0.2, -0.15) is 10.2 Å². The second-order valence-corrected chi connectivity index (χ2v) is 10.8. The molecular formula is C34H26N4O2S. The lowest BCUT2D eigenvalue weighted by Crippen LogP contribution is -2.54. The highest BCUT2D eigenvalue weighted by atomic mass is 32.2. The quantitative estimate of drug-likeness (QED) is 0.213. The molecule has 0 bridgehead atoms. The molecule has 2 aliphatic heterocycles. The highest BCUT2D eigenvalue weighted by molar-refractivity contribution is 8.16. The predicted octanol–water partition coefficient (Wildman–Crippen LogP) is 7.35. The van der Waals surface area contributed by atoms with E-state index < -0.39 is 11.0 Å². The summed E-state index contributed by atoms with van der Waals surface area (Å²) in [6, 6.07) is 42.9. The molecule has 7 rings (SSSR count). The van der Waals surface area contributed by atoms with E-state index in [4.69, 9.17) is 14.9 Å². The number of hydrogen-bond donors (Lipinski definition) is 0. The first-order valence-corrected chi connectivity index (χ1v) is 14.3. The van der Waals surface area contributed by atoms with Gasteiger partial charge in [-0.3, -0.25) is 0 Å². The van der Waals surface area contributed by atoms with Gasteiger partial charge in [-0.05, 0) is 53.7 Å². The van der Waals surface area contributed by atoms with Crippen molar-refractivity contribution in [2.45, 2.75) is 11.9 Å². The van der Waals surface area contributed by atoms with Crippen LogP contribution < -0.4 is 10.0 Å². The fourth-order valence-corrected chi connectivity index (χ4v) is 6.77. The smallest absolute Gasteiger partial charge is 0.365 e. The number of rotatable bonds is 5. The minimum Gasteiger partial charge on any atom is -0.461 e. The van der Waals surface area contributed by atoms with Crippen LogP contribution in [0.5, 0.6) is 0 Å². The summed E-state index contributed by atoms with van der Waals surface area (Å²) in [5.41, 5.74) is 5.54. The number of nitrogens with zero attached hydrogens (tertiary/aromatic N) is 4. The first kappa shape index (κ1) is 25.1. The molecule has 0 aliphatic carbocycles. The third kappa shape index (κ3) is 4.08. The Morgan fingerprint density at radius 2 is 1.29 bits per heavy atom. The molecule has 1 atom stereocenters. The van der Waals surface area contributed by atoms with E-state index in [1.807, 2.05) is 82.8 Å². The monoisotopic (exact) mass is 554 g/mol. The van der Waals surface area contributed by atoms with Crippen molar-refractivity contribution >= 4 is 50.6 Å². The molecule has 0 saturated heterocycles. The van der Waals surface area contributed by atoms with E-state index in [9.17, 15) is 4.79 Å². The zero-order valence-corrected chi connectivity index (χ0v) is 23.2. The second kappa shape index (κ2) is 10.3. The Morgan fingerprint density at radius 1 is 0.707 bits per heavy atom. The van der Waals surface area contributed by atoms with Crippen molar-refractivity contribution in [1.82, 2.24) is 0 Å². The molecule has 0 fully saturated rings. The average Bonchev–Trinajstić information content (AvgIpc) is 3.43. The number of hydrogen-bond acceptors (Lipinski definition) is 7. The SMILES string of the molecule is CCOC(=O)C1=NN(c2ccccc2)[C@]2(S1)c1ccccc1C(c1cccc3ccccc13)=NN2c1ccccc1. The van der Waals surface area contributed by atoms with Gasteiger partial charge in [-0.15, -0.1) is 0 Å². The first-order valence-electron chi connectivity index (χ1n) is 13.5. The fourth-order valence-electron chi connectivity index (χ4n) is 5.48. The van der Waals surface area contributed by atoms with Gasteiger partial charge >= 0.3 is 5.97 Å². The summed E-state index contributed by atoms with van der Waals surface area (Å²) >= 11 is 1.35. The molecule has 0 N–H and O–H groups in total. The molecule has 2 aliphatic rings. The minimum absolute atomic E-state index is 0.263. The molecule has 7 heteroatoms. The van der Waals surface area contributed by atoms with Gasteiger partial charge < -0.3 is 4.74 Å². The van der Waals surface area contributed by atoms with Crippen molar-refractivity contribution in [3.63, 3.8) is 0 Å². The molecule has 0 saturated carbocycles. The molecule has 5 aromatic rings. The van der Waals surface area contributed by atoms with E-state index in [1.165, 1.54) is 11.8 Å². The Labute approximate surface area is 242 Å². The van der Waals surface area contributed by atoms with Crippen LogP contribution in [0.2, 0.25) is 0 Å². The van der Waals surface area contributed by atoms with E-state index in [0.29, 0.717) is 0 Å². The third-order valence-electron chi connectivity index (χ3n) is 7.23. The van der Waals surface area contributed by atoms with Crippen molar-refractivity contribution < 1.29 is 9.53 Å². The number of benzene rings is 5. The Morgan fingerprint density at radius 3 is 2.02 bits per heavy atom. The fraction of sp³-hybridized carbons (Fsp3) is 0.0882. The summed E-state index contributed by atoms with van der Waals surface area (Å²) < 4.78 is 5.44. The van der Waals surface area contributed by atoms with E-state index in [2.05, 4.69) is 54.6 Å². The molecular weight excluding hydrogens is 528 g/mol. The van der Waals surface area contributed by atoms with Gasteiger partial charge in [0, 0.05) is 16.7 Å². The lowest BCUT2D eigenvalue weighted by Gasteiger charge is -2.47. The summed E-state index contributed by atoms with van der Waals surface area (Å²) in [5.74, 6) is -0.454. The lowest BCUT2D eigenvalue weighted by atomic mass is 9.91. The molecule has 1 spiro atoms. The molecule has 0 amide bonds. The number of carbonyl (C=O) groups is 1. The number of thioether (sulfide) groups is 1. The third-order valence-corrected chi connectivity index (χ3v) is 8.53. The summed E-state index contributed by atoms with van der Waals surface area (Å²) in [5, 5.41) is 16.8. The van der Waals surface area contributed by atoms with Crippen LogP contribution in [-0.2, 0) is 14.5 Å². The van der Waals surface area contributed by atoms with Crippen LogP contribution >= 0.6 is 11.8 Å². The van der Waals surface area contributed by atoms with Gasteiger partial charge in [0.2, 0.25) is 10.0 Å². The van der Waals surface area contributed by atoms with Crippen LogP contribution in [0, 0.1) is 0 Å². The van der Waals surface area contributed by atoms with Crippen LogP contribution in [-0.4, -0.2) is 23.3 Å². The van der Waals surface area contributed by atoms with Gasteiger partial charge in [0.25, 0.3) is 0 Å². The van der Waals surface area contributed by atoms with E-state index in [0.717, 1.165) is 44.5 Å². The van der Waals surface area contributed by atoms with E-state index in [-0.39, 0.29) is 11.7 Å². The van der Waals surface area contributed by atoms with Crippen molar-refractivity contribution in [1.29, 1.82) is 0 Å². The highest BCUT2D eigenvalue weighted by Gasteiger charge is 2.56. The van der Waals surface area contributed by atoms with Crippen molar-refractivity contribution in [3.05, 3.63) is 144 Å². The predicted molar refractivity (Wildman–Crippen MR) is 167 cm³/mol. The maximum atomic E-state index is 13.2. The van der Waals surface area contributed by atoms with Gasteiger partial charge in [-0.25, -0.2) is 14.8 Å². The lowest BCUT2D eigenvalue weighted by molar-refractivity contribution is -0.134. The van der Waals surface area contributed by atoms with Crippen LogP contribution in [0.15, 0.2) is 138 Å². The Kier molecular flexibility index (Phi) is 6.29. The summed E-state index contributed by atoms with van der Waals surface area (Å²) in [4.78, 5) is 12.1. The zero-order valence-electron chi connectivity index (χ0n) is 22.3. The maximum absolute atomic E-state index is 13.2. The van der Waals surface area contributed by atoms with Crippen molar-refractivity contribution in [2.24, 2.45) is 10.2 Å². The maximum Gasteiger partial charge on any atom is 0.365 e. The van der Waals surface area contributed by atoms with Crippen molar-refractivity contribution in [3.8, 4) is 0 Å². The standard InChI is InChI=1S/C34H26N4O2S/c1-2-40-33(39)32-36-38(26-18-7-4-8-19-26)34(41-32)30-23-12-11-21-29(30)31(35-37(34)25-16-5-3-6-17-25)28-22-13-15-24-14-9-10-20-27(24)28/h3-23H,2H2,1H3/t34-/m0/s1.